The van der Waals surface area contributed by atoms with Crippen LogP contribution in [0.15, 0.2) is 72.0 Å². The van der Waals surface area contributed by atoms with E-state index in [1.165, 1.54) is 5.01 Å². The van der Waals surface area contributed by atoms with E-state index in [4.69, 9.17) is 9.47 Å². The number of benzene rings is 2. The molecule has 3 aromatic rings. The van der Waals surface area contributed by atoms with Crippen LogP contribution in [0, 0.1) is 0 Å². The Morgan fingerprint density at radius 1 is 1.00 bits per heavy atom. The van der Waals surface area contributed by atoms with Gasteiger partial charge in [0.2, 0.25) is 5.91 Å². The Balaban J connectivity index is 1.51. The molecule has 1 N–H and O–H groups in total. The standard InChI is InChI=1S/C25H24N4O4/c1-32-22-11-9-18(15-23(22)33-2)20-10-12-24(30)29(28-20)16-17-6-5-7-19(14-17)27-25(31)21-8-3-4-13-26-21/h3-9,11,13-15H,10,12,16H2,1-2H3,(H,27,31). The van der Waals surface area contributed by atoms with Crippen LogP contribution in [0.1, 0.15) is 34.5 Å². The number of hydrogen-bond donors (Lipinski definition) is 1. The summed E-state index contributed by atoms with van der Waals surface area (Å²) in [6.07, 6.45) is 2.48. The van der Waals surface area contributed by atoms with Crippen LogP contribution in [0.2, 0.25) is 0 Å². The van der Waals surface area contributed by atoms with Crippen molar-refractivity contribution < 1.29 is 19.1 Å². The van der Waals surface area contributed by atoms with Gasteiger partial charge in [0, 0.05) is 30.3 Å². The monoisotopic (exact) mass is 444 g/mol. The Kier molecular flexibility index (Phi) is 6.64. The molecule has 2 heterocycles. The van der Waals surface area contributed by atoms with Crippen molar-refractivity contribution >= 4 is 23.2 Å². The molecule has 4 rings (SSSR count). The van der Waals surface area contributed by atoms with Crippen molar-refractivity contribution in [2.45, 2.75) is 19.4 Å². The number of nitrogens with zero attached hydrogens (tertiary/aromatic N) is 3. The minimum absolute atomic E-state index is 0.0536. The molecular weight excluding hydrogens is 420 g/mol. The predicted octanol–water partition coefficient (Wildman–Crippen LogP) is 3.88. The number of hydrogen-bond acceptors (Lipinski definition) is 6. The third-order valence-electron chi connectivity index (χ3n) is 5.24. The summed E-state index contributed by atoms with van der Waals surface area (Å²) in [6.45, 7) is 0.295. The SMILES string of the molecule is COc1ccc(C2=NN(Cc3cccc(NC(=O)c4ccccn4)c3)C(=O)CC2)cc1OC. The number of aromatic nitrogens is 1. The minimum atomic E-state index is -0.296. The fourth-order valence-corrected chi connectivity index (χ4v) is 3.56. The van der Waals surface area contributed by atoms with Gasteiger partial charge in [-0.15, -0.1) is 0 Å². The molecule has 0 aliphatic carbocycles. The highest BCUT2D eigenvalue weighted by Crippen LogP contribution is 2.29. The van der Waals surface area contributed by atoms with Gasteiger partial charge in [-0.3, -0.25) is 14.6 Å². The zero-order valence-electron chi connectivity index (χ0n) is 18.4. The molecule has 0 spiro atoms. The molecule has 8 heteroatoms. The average molecular weight is 444 g/mol. The molecule has 33 heavy (non-hydrogen) atoms. The van der Waals surface area contributed by atoms with Crippen LogP contribution < -0.4 is 14.8 Å². The van der Waals surface area contributed by atoms with Gasteiger partial charge in [0.1, 0.15) is 5.69 Å². The second kappa shape index (κ2) is 9.95. The van der Waals surface area contributed by atoms with Crippen LogP contribution in [0.3, 0.4) is 0 Å². The number of amides is 2. The lowest BCUT2D eigenvalue weighted by Crippen LogP contribution is -2.31. The minimum Gasteiger partial charge on any atom is -0.493 e. The molecule has 1 aliphatic heterocycles. The molecule has 0 saturated carbocycles. The Hall–Kier alpha value is -4.20. The van der Waals surface area contributed by atoms with Gasteiger partial charge in [-0.25, -0.2) is 5.01 Å². The molecular formula is C25H24N4O4. The third-order valence-corrected chi connectivity index (χ3v) is 5.24. The molecule has 0 fully saturated rings. The van der Waals surface area contributed by atoms with Crippen LogP contribution >= 0.6 is 0 Å². The lowest BCUT2D eigenvalue weighted by atomic mass is 10.0. The summed E-state index contributed by atoms with van der Waals surface area (Å²) < 4.78 is 10.7. The maximum absolute atomic E-state index is 12.5. The number of nitrogens with one attached hydrogen (secondary N) is 1. The van der Waals surface area contributed by atoms with Gasteiger partial charge >= 0.3 is 0 Å². The number of hydrazone groups is 1. The van der Waals surface area contributed by atoms with E-state index in [1.54, 1.807) is 44.7 Å². The van der Waals surface area contributed by atoms with Crippen LogP contribution in [0.25, 0.3) is 0 Å². The molecule has 1 aromatic heterocycles. The normalized spacial score (nSPS) is 13.3. The van der Waals surface area contributed by atoms with E-state index in [2.05, 4.69) is 15.4 Å². The zero-order chi connectivity index (χ0) is 23.2. The maximum Gasteiger partial charge on any atom is 0.274 e. The highest BCUT2D eigenvalue weighted by Gasteiger charge is 2.22. The number of pyridine rings is 1. The lowest BCUT2D eigenvalue weighted by Gasteiger charge is -2.24. The summed E-state index contributed by atoms with van der Waals surface area (Å²) >= 11 is 0. The van der Waals surface area contributed by atoms with E-state index >= 15 is 0 Å². The van der Waals surface area contributed by atoms with Gasteiger partial charge in [-0.05, 0) is 48.0 Å². The zero-order valence-corrected chi connectivity index (χ0v) is 18.4. The highest BCUT2D eigenvalue weighted by atomic mass is 16.5. The molecule has 8 nitrogen and oxygen atoms in total. The fraction of sp³-hybridized carbons (Fsp3) is 0.200. The third kappa shape index (κ3) is 5.17. The van der Waals surface area contributed by atoms with Crippen molar-refractivity contribution in [2.24, 2.45) is 5.10 Å². The number of ether oxygens (including phenoxy) is 2. The average Bonchev–Trinajstić information content (AvgIpc) is 2.85. The molecule has 0 radical (unpaired) electrons. The molecule has 2 aromatic carbocycles. The summed E-state index contributed by atoms with van der Waals surface area (Å²) in [5.41, 5.74) is 3.48. The number of carbonyl (C=O) groups excluding carboxylic acids is 2. The van der Waals surface area contributed by atoms with E-state index in [0.29, 0.717) is 42.3 Å². The number of carbonyl (C=O) groups is 2. The first-order valence-electron chi connectivity index (χ1n) is 10.5. The second-order valence-corrected chi connectivity index (χ2v) is 7.44. The van der Waals surface area contributed by atoms with Crippen molar-refractivity contribution in [3.05, 3.63) is 83.7 Å². The Morgan fingerprint density at radius 3 is 2.61 bits per heavy atom. The van der Waals surface area contributed by atoms with E-state index in [0.717, 1.165) is 16.8 Å². The molecule has 0 unspecified atom stereocenters. The summed E-state index contributed by atoms with van der Waals surface area (Å²) in [5, 5.41) is 8.91. The van der Waals surface area contributed by atoms with E-state index in [1.807, 2.05) is 36.4 Å². The number of methoxy groups -OCH3 is 2. The van der Waals surface area contributed by atoms with Gasteiger partial charge in [0.25, 0.3) is 5.91 Å². The van der Waals surface area contributed by atoms with E-state index < -0.39 is 0 Å². The first-order valence-corrected chi connectivity index (χ1v) is 10.5. The predicted molar refractivity (Wildman–Crippen MR) is 124 cm³/mol. The first-order chi connectivity index (χ1) is 16.1. The van der Waals surface area contributed by atoms with E-state index in [-0.39, 0.29) is 11.8 Å². The fourth-order valence-electron chi connectivity index (χ4n) is 3.56. The molecule has 2 amide bonds. The van der Waals surface area contributed by atoms with Crippen LogP contribution in [-0.2, 0) is 11.3 Å². The number of anilines is 1. The summed E-state index contributed by atoms with van der Waals surface area (Å²) in [7, 11) is 3.17. The second-order valence-electron chi connectivity index (χ2n) is 7.44. The van der Waals surface area contributed by atoms with Gasteiger partial charge in [0.15, 0.2) is 11.5 Å². The van der Waals surface area contributed by atoms with Gasteiger partial charge in [0.05, 0.1) is 26.5 Å². The molecule has 0 bridgehead atoms. The van der Waals surface area contributed by atoms with Crippen LogP contribution in [0.5, 0.6) is 11.5 Å². The summed E-state index contributed by atoms with van der Waals surface area (Å²) in [5.74, 6) is 0.894. The number of rotatable bonds is 7. The molecule has 0 saturated heterocycles. The van der Waals surface area contributed by atoms with Crippen molar-refractivity contribution in [2.75, 3.05) is 19.5 Å². The molecule has 0 atom stereocenters. The van der Waals surface area contributed by atoms with Crippen molar-refractivity contribution in [3.8, 4) is 11.5 Å². The van der Waals surface area contributed by atoms with Crippen LogP contribution in [0.4, 0.5) is 5.69 Å². The summed E-state index contributed by atoms with van der Waals surface area (Å²) in [6, 6.07) is 18.1. The largest absolute Gasteiger partial charge is 0.493 e. The molecule has 168 valence electrons. The van der Waals surface area contributed by atoms with E-state index in [9.17, 15) is 9.59 Å². The Labute approximate surface area is 191 Å². The van der Waals surface area contributed by atoms with Crippen molar-refractivity contribution in [3.63, 3.8) is 0 Å². The maximum atomic E-state index is 12.5. The smallest absolute Gasteiger partial charge is 0.274 e. The van der Waals surface area contributed by atoms with Crippen molar-refractivity contribution in [1.82, 2.24) is 9.99 Å². The van der Waals surface area contributed by atoms with Gasteiger partial charge in [-0.1, -0.05) is 18.2 Å². The quantitative estimate of drug-likeness (QED) is 0.597. The van der Waals surface area contributed by atoms with Gasteiger partial charge < -0.3 is 14.8 Å². The first kappa shape index (κ1) is 22.0. The Morgan fingerprint density at radius 2 is 1.85 bits per heavy atom. The van der Waals surface area contributed by atoms with Crippen LogP contribution in [-0.4, -0.2) is 41.7 Å². The van der Waals surface area contributed by atoms with Crippen molar-refractivity contribution in [1.29, 1.82) is 0 Å². The highest BCUT2D eigenvalue weighted by molar-refractivity contribution is 6.04. The summed E-state index contributed by atoms with van der Waals surface area (Å²) in [4.78, 5) is 29.0. The van der Waals surface area contributed by atoms with Gasteiger partial charge in [-0.2, -0.15) is 5.10 Å². The Bertz CT molecular complexity index is 1190. The topological polar surface area (TPSA) is 93.1 Å². The molecule has 1 aliphatic rings. The lowest BCUT2D eigenvalue weighted by molar-refractivity contribution is -0.132.